The molecule has 0 saturated carbocycles. The van der Waals surface area contributed by atoms with Crippen LogP contribution in [0, 0.1) is 0 Å². The molecule has 0 atom stereocenters. The van der Waals surface area contributed by atoms with E-state index in [0.717, 1.165) is 0 Å². The molecule has 0 aliphatic rings. The third-order valence-corrected chi connectivity index (χ3v) is 1.42. The fourth-order valence-corrected chi connectivity index (χ4v) is 0.997. The fourth-order valence-electron chi connectivity index (χ4n) is 0.296. The van der Waals surface area contributed by atoms with Gasteiger partial charge in [0.15, 0.2) is 5.75 Å². The first kappa shape index (κ1) is 4.94. The average molecular weight is 135 g/mol. The number of hydrogen-bond acceptors (Lipinski definition) is 2. The first-order chi connectivity index (χ1) is 3.43. The summed E-state index contributed by atoms with van der Waals surface area (Å²) in [6.45, 7) is 0. The van der Waals surface area contributed by atoms with Gasteiger partial charge in [-0.3, -0.25) is 0 Å². The second-order valence-corrected chi connectivity index (χ2v) is 1.97. The lowest BCUT2D eigenvalue weighted by atomic mass is 10.6. The van der Waals surface area contributed by atoms with Crippen LogP contribution in [-0.4, -0.2) is 0 Å². The Bertz CT molecular complexity index is 126. The van der Waals surface area contributed by atoms with E-state index in [2.05, 4.69) is 4.29 Å². The standard InChI is InChI=1S/C4H3ClOS/c5-6-4-1-2-7-3-4/h1-3H. The highest BCUT2D eigenvalue weighted by atomic mass is 35.5. The summed E-state index contributed by atoms with van der Waals surface area (Å²) < 4.78 is 4.34. The maximum Gasteiger partial charge on any atom is 0.156 e. The lowest BCUT2D eigenvalue weighted by molar-refractivity contribution is 0.623. The molecule has 0 radical (unpaired) electrons. The van der Waals surface area contributed by atoms with Crippen molar-refractivity contribution < 1.29 is 4.29 Å². The third kappa shape index (κ3) is 1.08. The molecule has 0 aromatic carbocycles. The molecule has 1 nitrogen and oxygen atoms in total. The largest absolute Gasteiger partial charge is 0.385 e. The predicted octanol–water partition coefficient (Wildman–Crippen LogP) is 2.28. The van der Waals surface area contributed by atoms with E-state index >= 15 is 0 Å². The molecule has 1 rings (SSSR count). The second-order valence-electron chi connectivity index (χ2n) is 1.04. The van der Waals surface area contributed by atoms with E-state index < -0.39 is 0 Å². The van der Waals surface area contributed by atoms with Crippen LogP contribution in [0.2, 0.25) is 0 Å². The predicted molar refractivity (Wildman–Crippen MR) is 30.8 cm³/mol. The molecule has 0 amide bonds. The van der Waals surface area contributed by atoms with Crippen LogP contribution in [0.1, 0.15) is 0 Å². The molecule has 1 heterocycles. The van der Waals surface area contributed by atoms with E-state index in [0.29, 0.717) is 5.75 Å². The molecule has 0 saturated heterocycles. The molecule has 0 fully saturated rings. The summed E-state index contributed by atoms with van der Waals surface area (Å²) in [7, 11) is 0. The molecular weight excluding hydrogens is 132 g/mol. The summed E-state index contributed by atoms with van der Waals surface area (Å²) in [6, 6.07) is 1.80. The Kier molecular flexibility index (Phi) is 1.54. The smallest absolute Gasteiger partial charge is 0.156 e. The highest BCUT2D eigenvalue weighted by Crippen LogP contribution is 2.15. The van der Waals surface area contributed by atoms with Gasteiger partial charge in [0, 0.05) is 5.38 Å². The van der Waals surface area contributed by atoms with Crippen molar-refractivity contribution in [2.45, 2.75) is 0 Å². The monoisotopic (exact) mass is 134 g/mol. The van der Waals surface area contributed by atoms with Crippen molar-refractivity contribution in [1.29, 1.82) is 0 Å². The van der Waals surface area contributed by atoms with Crippen LogP contribution < -0.4 is 4.29 Å². The fraction of sp³-hybridized carbons (Fsp3) is 0. The van der Waals surface area contributed by atoms with Gasteiger partial charge in [0.25, 0.3) is 0 Å². The highest BCUT2D eigenvalue weighted by Gasteiger charge is 1.85. The molecular formula is C4H3ClOS. The van der Waals surface area contributed by atoms with E-state index in [1.165, 1.54) is 0 Å². The summed E-state index contributed by atoms with van der Waals surface area (Å²) in [5, 5.41) is 3.73. The Balaban J connectivity index is 2.76. The summed E-state index contributed by atoms with van der Waals surface area (Å²) in [5.41, 5.74) is 0. The maximum absolute atomic E-state index is 4.97. The first-order valence-corrected chi connectivity index (χ1v) is 2.99. The Morgan fingerprint density at radius 2 is 2.57 bits per heavy atom. The summed E-state index contributed by atoms with van der Waals surface area (Å²) in [5.74, 6) is 0.715. The van der Waals surface area contributed by atoms with Gasteiger partial charge in [-0.25, -0.2) is 0 Å². The molecule has 0 aliphatic heterocycles. The van der Waals surface area contributed by atoms with Gasteiger partial charge in [0.2, 0.25) is 0 Å². The van der Waals surface area contributed by atoms with Crippen molar-refractivity contribution in [2.24, 2.45) is 0 Å². The molecule has 7 heavy (non-hydrogen) atoms. The van der Waals surface area contributed by atoms with Gasteiger partial charge >= 0.3 is 0 Å². The molecule has 1 aromatic rings. The maximum atomic E-state index is 4.97. The number of rotatable bonds is 1. The van der Waals surface area contributed by atoms with Crippen LogP contribution in [0.3, 0.4) is 0 Å². The highest BCUT2D eigenvalue weighted by molar-refractivity contribution is 7.08. The molecule has 0 unspecified atom stereocenters. The van der Waals surface area contributed by atoms with Crippen LogP contribution in [0.5, 0.6) is 5.75 Å². The molecule has 0 bridgehead atoms. The SMILES string of the molecule is ClOc1ccsc1. The molecule has 0 spiro atoms. The zero-order valence-electron chi connectivity index (χ0n) is 3.43. The van der Waals surface area contributed by atoms with Gasteiger partial charge in [-0.2, -0.15) is 0 Å². The van der Waals surface area contributed by atoms with Gasteiger partial charge in [-0.15, -0.1) is 11.3 Å². The number of thiophene rings is 1. The van der Waals surface area contributed by atoms with Gasteiger partial charge in [-0.1, -0.05) is 0 Å². The average Bonchev–Trinajstić information content (AvgIpc) is 2.14. The first-order valence-electron chi connectivity index (χ1n) is 1.74. The van der Waals surface area contributed by atoms with Gasteiger partial charge in [-0.05, 0) is 11.4 Å². The minimum absolute atomic E-state index is 0.715. The van der Waals surface area contributed by atoms with Crippen molar-refractivity contribution in [3.05, 3.63) is 16.8 Å². The van der Waals surface area contributed by atoms with Crippen molar-refractivity contribution in [1.82, 2.24) is 0 Å². The normalized spacial score (nSPS) is 8.71. The quantitative estimate of drug-likeness (QED) is 0.573. The Hall–Kier alpha value is -0.210. The van der Waals surface area contributed by atoms with Gasteiger partial charge < -0.3 is 4.29 Å². The summed E-state index contributed by atoms with van der Waals surface area (Å²) in [6.07, 6.45) is 0. The van der Waals surface area contributed by atoms with Gasteiger partial charge in [0.1, 0.15) is 11.9 Å². The zero-order chi connectivity index (χ0) is 5.11. The van der Waals surface area contributed by atoms with Crippen molar-refractivity contribution in [3.8, 4) is 5.75 Å². The van der Waals surface area contributed by atoms with E-state index in [9.17, 15) is 0 Å². The minimum Gasteiger partial charge on any atom is -0.385 e. The molecule has 1 aromatic heterocycles. The molecule has 38 valence electrons. The van der Waals surface area contributed by atoms with E-state index in [-0.39, 0.29) is 0 Å². The van der Waals surface area contributed by atoms with E-state index in [4.69, 9.17) is 11.9 Å². The number of halogens is 1. The Morgan fingerprint density at radius 3 is 2.86 bits per heavy atom. The van der Waals surface area contributed by atoms with E-state index in [1.54, 1.807) is 17.4 Å². The lowest BCUT2D eigenvalue weighted by Crippen LogP contribution is -1.62. The second kappa shape index (κ2) is 2.19. The Labute approximate surface area is 50.7 Å². The van der Waals surface area contributed by atoms with E-state index in [1.807, 2.05) is 10.8 Å². The molecule has 0 aliphatic carbocycles. The minimum atomic E-state index is 0.715. The Morgan fingerprint density at radius 1 is 1.71 bits per heavy atom. The van der Waals surface area contributed by atoms with Crippen molar-refractivity contribution >= 4 is 23.2 Å². The molecule has 3 heteroatoms. The van der Waals surface area contributed by atoms with Crippen LogP contribution >= 0.6 is 23.2 Å². The topological polar surface area (TPSA) is 9.23 Å². The zero-order valence-corrected chi connectivity index (χ0v) is 5.00. The van der Waals surface area contributed by atoms with Gasteiger partial charge in [0.05, 0.1) is 0 Å². The summed E-state index contributed by atoms with van der Waals surface area (Å²) in [4.78, 5) is 0. The molecule has 0 N–H and O–H groups in total. The van der Waals surface area contributed by atoms with Crippen LogP contribution in [-0.2, 0) is 0 Å². The number of hydrogen-bond donors (Lipinski definition) is 0. The third-order valence-electron chi connectivity index (χ3n) is 0.584. The van der Waals surface area contributed by atoms with Crippen molar-refractivity contribution in [2.75, 3.05) is 0 Å². The summed E-state index contributed by atoms with van der Waals surface area (Å²) >= 11 is 6.53. The van der Waals surface area contributed by atoms with Crippen LogP contribution in [0.25, 0.3) is 0 Å². The van der Waals surface area contributed by atoms with Crippen LogP contribution in [0.4, 0.5) is 0 Å². The lowest BCUT2D eigenvalue weighted by Gasteiger charge is -1.80. The van der Waals surface area contributed by atoms with Crippen LogP contribution in [0.15, 0.2) is 16.8 Å². The van der Waals surface area contributed by atoms with Crippen molar-refractivity contribution in [3.63, 3.8) is 0 Å².